The van der Waals surface area contributed by atoms with Gasteiger partial charge in [0.25, 0.3) is 0 Å². The first-order valence-corrected chi connectivity index (χ1v) is 13.3. The lowest BCUT2D eigenvalue weighted by atomic mass is 9.68. The number of aromatic nitrogens is 3. The van der Waals surface area contributed by atoms with Gasteiger partial charge in [-0.15, -0.1) is 11.3 Å². The van der Waals surface area contributed by atoms with Crippen LogP contribution in [0.1, 0.15) is 26.1 Å². The number of anilines is 1. The van der Waals surface area contributed by atoms with Crippen molar-refractivity contribution in [1.29, 1.82) is 0 Å². The van der Waals surface area contributed by atoms with Crippen LogP contribution in [0.5, 0.6) is 0 Å². The fourth-order valence-electron chi connectivity index (χ4n) is 5.28. The van der Waals surface area contributed by atoms with E-state index in [4.69, 9.17) is 4.99 Å². The second-order valence-electron chi connectivity index (χ2n) is 9.61. The van der Waals surface area contributed by atoms with Crippen LogP contribution < -0.4 is 20.9 Å². The van der Waals surface area contributed by atoms with Crippen LogP contribution in [-0.4, -0.2) is 63.7 Å². The molecule has 3 unspecified atom stereocenters. The van der Waals surface area contributed by atoms with Crippen molar-refractivity contribution in [2.45, 2.75) is 33.0 Å². The Morgan fingerprint density at radius 1 is 1.32 bits per heavy atom. The number of benzene rings is 1. The van der Waals surface area contributed by atoms with Gasteiger partial charge in [0.15, 0.2) is 0 Å². The highest BCUT2D eigenvalue weighted by atomic mass is 32.1. The van der Waals surface area contributed by atoms with E-state index >= 15 is 0 Å². The van der Waals surface area contributed by atoms with E-state index in [1.54, 1.807) is 30.9 Å². The average Bonchev–Trinajstić information content (AvgIpc) is 3.37. The number of rotatable bonds is 6. The molecule has 2 aliphatic heterocycles. The number of aliphatic imine (C=N–C) groups is 1. The molecular weight excluding hydrogens is 504 g/mol. The number of hydrogen-bond acceptors (Lipinski definition) is 9. The summed E-state index contributed by atoms with van der Waals surface area (Å²) in [5, 5.41) is 19.5. The Bertz CT molecular complexity index is 1440. The van der Waals surface area contributed by atoms with E-state index in [1.165, 1.54) is 11.3 Å². The number of carbonyl (C=O) groups is 2. The number of aryl methyl sites for hydroxylation is 1. The fraction of sp³-hybridized carbons (Fsp3) is 0.385. The Morgan fingerprint density at radius 2 is 2.16 bits per heavy atom. The molecule has 2 aliphatic rings. The smallest absolute Gasteiger partial charge is 0.318 e. The molecule has 11 nitrogen and oxygen atoms in total. The van der Waals surface area contributed by atoms with Crippen LogP contribution in [0.15, 0.2) is 47.2 Å². The summed E-state index contributed by atoms with van der Waals surface area (Å²) in [5.74, 6) is -2.35. The zero-order valence-electron chi connectivity index (χ0n) is 21.4. The quantitative estimate of drug-likeness (QED) is 0.378. The topological polar surface area (TPSA) is 145 Å². The lowest BCUT2D eigenvalue weighted by molar-refractivity contribution is -0.155. The van der Waals surface area contributed by atoms with Crippen molar-refractivity contribution in [3.05, 3.63) is 48.0 Å². The van der Waals surface area contributed by atoms with Crippen molar-refractivity contribution >= 4 is 45.5 Å². The van der Waals surface area contributed by atoms with Gasteiger partial charge in [0, 0.05) is 43.0 Å². The summed E-state index contributed by atoms with van der Waals surface area (Å²) in [6.07, 6.45) is 7.30. The van der Waals surface area contributed by atoms with Crippen molar-refractivity contribution in [3.8, 4) is 11.3 Å². The van der Waals surface area contributed by atoms with E-state index in [0.717, 1.165) is 21.5 Å². The van der Waals surface area contributed by atoms with Gasteiger partial charge in [-0.3, -0.25) is 10.1 Å². The summed E-state index contributed by atoms with van der Waals surface area (Å²) in [6, 6.07) is 5.32. The van der Waals surface area contributed by atoms with E-state index in [2.05, 4.69) is 30.9 Å². The Hall–Kier alpha value is -3.90. The summed E-state index contributed by atoms with van der Waals surface area (Å²) in [7, 11) is 0. The standard InChI is InChI=1S/C26H30N8O3S/c1-4-28-24(37)33-26(21-14-27-10-7-25(21,3)23(35)36)31-8-5-11-34(26)17-12-18(19-6-9-29-16(2)32-19)22-20(13-17)30-15-38-22/h5-6,8-9,11-13,15,21,27H,4,7,10,14H2,1-3H3,(H,35,36)(H2,28,33,37). The summed E-state index contributed by atoms with van der Waals surface area (Å²) in [4.78, 5) is 45.8. The predicted molar refractivity (Wildman–Crippen MR) is 147 cm³/mol. The maximum absolute atomic E-state index is 13.1. The number of carboxylic acid groups (broad SMARTS) is 1. The van der Waals surface area contributed by atoms with E-state index in [1.807, 2.05) is 43.1 Å². The molecule has 38 heavy (non-hydrogen) atoms. The number of fused-ring (bicyclic) bond motifs is 1. The van der Waals surface area contributed by atoms with Crippen molar-refractivity contribution in [2.75, 3.05) is 24.5 Å². The second kappa shape index (κ2) is 10.1. The number of amides is 2. The monoisotopic (exact) mass is 534 g/mol. The molecule has 2 amide bonds. The first-order chi connectivity index (χ1) is 18.3. The number of allylic oxidation sites excluding steroid dienone is 1. The van der Waals surface area contributed by atoms with Crippen molar-refractivity contribution in [2.24, 2.45) is 16.3 Å². The molecule has 5 rings (SSSR count). The molecule has 12 heteroatoms. The van der Waals surface area contributed by atoms with Crippen LogP contribution in [0.4, 0.5) is 10.5 Å². The van der Waals surface area contributed by atoms with Gasteiger partial charge in [0.05, 0.1) is 32.8 Å². The number of aliphatic carboxylic acids is 1. The fourth-order valence-corrected chi connectivity index (χ4v) is 6.07. The zero-order chi connectivity index (χ0) is 26.9. The SMILES string of the molecule is CCNC(=O)NC1(C2CNCCC2(C)C(=O)O)N=CC=CN1c1cc(-c2ccnc(C)n2)c2scnc2c1. The summed E-state index contributed by atoms with van der Waals surface area (Å²) in [5.41, 5.74) is 3.68. The van der Waals surface area contributed by atoms with Crippen LogP contribution in [0.25, 0.3) is 21.5 Å². The summed E-state index contributed by atoms with van der Waals surface area (Å²) in [6.45, 7) is 6.69. The van der Waals surface area contributed by atoms with Crippen molar-refractivity contribution in [3.63, 3.8) is 0 Å². The predicted octanol–water partition coefficient (Wildman–Crippen LogP) is 3.14. The Balaban J connectivity index is 1.72. The van der Waals surface area contributed by atoms with E-state index in [9.17, 15) is 14.7 Å². The van der Waals surface area contributed by atoms with Gasteiger partial charge in [-0.25, -0.2) is 24.7 Å². The largest absolute Gasteiger partial charge is 0.481 e. The first-order valence-electron chi connectivity index (χ1n) is 12.5. The summed E-state index contributed by atoms with van der Waals surface area (Å²) >= 11 is 1.51. The molecule has 2 aromatic heterocycles. The molecule has 198 valence electrons. The third kappa shape index (κ3) is 4.39. The number of piperidine rings is 1. The van der Waals surface area contributed by atoms with E-state index in [-0.39, 0.29) is 0 Å². The third-order valence-corrected chi connectivity index (χ3v) is 8.13. The number of hydrogen-bond donors (Lipinski definition) is 4. The van der Waals surface area contributed by atoms with E-state index in [0.29, 0.717) is 37.6 Å². The van der Waals surface area contributed by atoms with Crippen molar-refractivity contribution in [1.82, 2.24) is 30.9 Å². The molecule has 1 saturated heterocycles. The molecule has 4 heterocycles. The maximum atomic E-state index is 13.1. The number of carbonyl (C=O) groups excluding carboxylic acids is 1. The van der Waals surface area contributed by atoms with Crippen LogP contribution in [-0.2, 0) is 4.79 Å². The van der Waals surface area contributed by atoms with E-state index < -0.39 is 29.1 Å². The Kier molecular flexibility index (Phi) is 6.84. The molecule has 1 fully saturated rings. The van der Waals surface area contributed by atoms with Crippen LogP contribution >= 0.6 is 11.3 Å². The minimum atomic E-state index is -1.43. The average molecular weight is 535 g/mol. The number of thiazole rings is 1. The minimum Gasteiger partial charge on any atom is -0.481 e. The zero-order valence-corrected chi connectivity index (χ0v) is 22.2. The molecule has 0 spiro atoms. The van der Waals surface area contributed by atoms with Crippen molar-refractivity contribution < 1.29 is 14.7 Å². The summed E-state index contributed by atoms with van der Waals surface area (Å²) < 4.78 is 0.966. The molecule has 3 aromatic rings. The Morgan fingerprint density at radius 3 is 2.92 bits per heavy atom. The molecule has 1 aromatic carbocycles. The lowest BCUT2D eigenvalue weighted by Gasteiger charge is -2.52. The lowest BCUT2D eigenvalue weighted by Crippen LogP contribution is -2.71. The van der Waals surface area contributed by atoms with Gasteiger partial charge in [-0.2, -0.15) is 0 Å². The highest BCUT2D eigenvalue weighted by Crippen LogP contribution is 2.46. The number of urea groups is 1. The normalized spacial score (nSPS) is 24.9. The van der Waals surface area contributed by atoms with Gasteiger partial charge in [0.1, 0.15) is 5.82 Å². The Labute approximate surface area is 224 Å². The molecule has 3 atom stereocenters. The molecular formula is C26H30N8O3S. The molecule has 0 bridgehead atoms. The second-order valence-corrected chi connectivity index (χ2v) is 10.5. The number of carboxylic acids is 1. The highest BCUT2D eigenvalue weighted by molar-refractivity contribution is 7.17. The molecule has 0 saturated carbocycles. The van der Waals surface area contributed by atoms with Crippen LogP contribution in [0.2, 0.25) is 0 Å². The van der Waals surface area contributed by atoms with Gasteiger partial charge < -0.3 is 20.6 Å². The van der Waals surface area contributed by atoms with Gasteiger partial charge in [0.2, 0.25) is 5.79 Å². The van der Waals surface area contributed by atoms with Gasteiger partial charge in [-0.1, -0.05) is 0 Å². The van der Waals surface area contributed by atoms with Gasteiger partial charge >= 0.3 is 12.0 Å². The molecule has 4 N–H and O–H groups in total. The maximum Gasteiger partial charge on any atom is 0.318 e. The number of nitrogens with one attached hydrogen (secondary N) is 3. The highest BCUT2D eigenvalue weighted by Gasteiger charge is 2.57. The minimum absolute atomic E-state index is 0.341. The third-order valence-electron chi connectivity index (χ3n) is 7.25. The molecule has 0 aliphatic carbocycles. The molecule has 0 radical (unpaired) electrons. The number of nitrogens with zero attached hydrogens (tertiary/aromatic N) is 5. The first kappa shape index (κ1) is 25.7. The van der Waals surface area contributed by atoms with Crippen LogP contribution in [0, 0.1) is 18.3 Å². The van der Waals surface area contributed by atoms with Gasteiger partial charge in [-0.05, 0) is 58.0 Å². The van der Waals surface area contributed by atoms with Crippen LogP contribution in [0.3, 0.4) is 0 Å².